The number of carbonyl (C=O) groups is 1. The van der Waals surface area contributed by atoms with Crippen molar-refractivity contribution in [2.75, 3.05) is 0 Å². The lowest BCUT2D eigenvalue weighted by molar-refractivity contribution is 0.0697. The summed E-state index contributed by atoms with van der Waals surface area (Å²) in [5.74, 6) is 0.562. The van der Waals surface area contributed by atoms with E-state index in [0.29, 0.717) is 27.1 Å². The molecule has 8 heteroatoms. The number of halogens is 2. The van der Waals surface area contributed by atoms with E-state index < -0.39 is 5.97 Å². The molecule has 5 nitrogen and oxygen atoms in total. The van der Waals surface area contributed by atoms with Crippen LogP contribution in [0.4, 0.5) is 0 Å². The molecule has 0 saturated heterocycles. The van der Waals surface area contributed by atoms with Crippen LogP contribution in [0.5, 0.6) is 5.75 Å². The summed E-state index contributed by atoms with van der Waals surface area (Å²) in [4.78, 5) is 12.3. The maximum absolute atomic E-state index is 11.3. The van der Waals surface area contributed by atoms with Crippen LogP contribution in [-0.4, -0.2) is 16.2 Å². The maximum atomic E-state index is 11.3. The normalized spacial score (nSPS) is 11.4. The molecule has 5 aromatic rings. The molecule has 0 amide bonds. The third-order valence-electron chi connectivity index (χ3n) is 5.81. The molecule has 0 aliphatic carbocycles. The Kier molecular flexibility index (Phi) is 6.75. The van der Waals surface area contributed by atoms with Gasteiger partial charge in [0.2, 0.25) is 0 Å². The van der Waals surface area contributed by atoms with Crippen molar-refractivity contribution in [2.24, 2.45) is 0 Å². The molecule has 0 atom stereocenters. The third-order valence-corrected chi connectivity index (χ3v) is 7.60. The van der Waals surface area contributed by atoms with Crippen molar-refractivity contribution in [1.82, 2.24) is 5.16 Å². The second kappa shape index (κ2) is 9.97. The Morgan fingerprint density at radius 3 is 2.53 bits per heavy atom. The fourth-order valence-electron chi connectivity index (χ4n) is 4.05. The van der Waals surface area contributed by atoms with E-state index in [1.807, 2.05) is 44.2 Å². The standard InChI is InChI=1S/C28H21Cl2NO4S/c1-15(2)27-20(26(31-35-27)25-21(29)7-4-8-22(25)30)14-34-19-9-10-23-18(12-19)13-24(36-23)16-5-3-6-17(11-16)28(32)33/h3-13,15H,14H2,1-2H3,(H,32,33). The van der Waals surface area contributed by atoms with Gasteiger partial charge in [0, 0.05) is 21.1 Å². The molecule has 0 radical (unpaired) electrons. The summed E-state index contributed by atoms with van der Waals surface area (Å²) >= 11 is 14.5. The van der Waals surface area contributed by atoms with Crippen molar-refractivity contribution in [3.05, 3.63) is 93.7 Å². The van der Waals surface area contributed by atoms with Crippen LogP contribution >= 0.6 is 34.5 Å². The Hall–Kier alpha value is -3.32. The zero-order valence-corrected chi connectivity index (χ0v) is 21.7. The maximum Gasteiger partial charge on any atom is 0.335 e. The summed E-state index contributed by atoms with van der Waals surface area (Å²) in [6, 6.07) is 20.2. The number of benzene rings is 3. The summed E-state index contributed by atoms with van der Waals surface area (Å²) in [7, 11) is 0. The predicted molar refractivity (Wildman–Crippen MR) is 145 cm³/mol. The number of hydrogen-bond acceptors (Lipinski definition) is 5. The average Bonchev–Trinajstić information content (AvgIpc) is 3.47. The van der Waals surface area contributed by atoms with Crippen molar-refractivity contribution in [3.63, 3.8) is 0 Å². The number of aromatic nitrogens is 1. The largest absolute Gasteiger partial charge is 0.489 e. The lowest BCUT2D eigenvalue weighted by Gasteiger charge is -2.11. The molecule has 0 spiro atoms. The van der Waals surface area contributed by atoms with Gasteiger partial charge in [-0.05, 0) is 59.5 Å². The monoisotopic (exact) mass is 537 g/mol. The zero-order chi connectivity index (χ0) is 25.4. The Balaban J connectivity index is 1.45. The first-order valence-corrected chi connectivity index (χ1v) is 12.8. The first-order chi connectivity index (χ1) is 17.3. The molecule has 2 heterocycles. The summed E-state index contributed by atoms with van der Waals surface area (Å²) in [5, 5.41) is 15.6. The molecule has 0 bridgehead atoms. The van der Waals surface area contributed by atoms with E-state index in [0.717, 1.165) is 31.9 Å². The number of thiophene rings is 1. The van der Waals surface area contributed by atoms with Crippen LogP contribution < -0.4 is 4.74 Å². The highest BCUT2D eigenvalue weighted by Gasteiger charge is 2.24. The number of ether oxygens (including phenoxy) is 1. The molecule has 0 unspecified atom stereocenters. The van der Waals surface area contributed by atoms with Crippen molar-refractivity contribution < 1.29 is 19.2 Å². The molecule has 0 saturated carbocycles. The molecule has 2 aromatic heterocycles. The van der Waals surface area contributed by atoms with Crippen LogP contribution in [0.2, 0.25) is 10.0 Å². The van der Waals surface area contributed by atoms with E-state index in [-0.39, 0.29) is 18.1 Å². The molecule has 0 fully saturated rings. The van der Waals surface area contributed by atoms with Gasteiger partial charge in [0.05, 0.1) is 21.2 Å². The number of aromatic carboxylic acids is 1. The topological polar surface area (TPSA) is 72.6 Å². The first-order valence-electron chi connectivity index (χ1n) is 11.2. The van der Waals surface area contributed by atoms with Gasteiger partial charge in [0.1, 0.15) is 23.8 Å². The smallest absolute Gasteiger partial charge is 0.335 e. The van der Waals surface area contributed by atoms with Crippen LogP contribution in [0.25, 0.3) is 31.8 Å². The van der Waals surface area contributed by atoms with Gasteiger partial charge in [-0.2, -0.15) is 0 Å². The number of rotatable bonds is 7. The van der Waals surface area contributed by atoms with Gasteiger partial charge >= 0.3 is 5.97 Å². The number of carboxylic acid groups (broad SMARTS) is 1. The van der Waals surface area contributed by atoms with Gasteiger partial charge in [0.15, 0.2) is 0 Å². The molecule has 5 rings (SSSR count). The van der Waals surface area contributed by atoms with E-state index in [1.165, 1.54) is 0 Å². The first kappa shape index (κ1) is 24.4. The molecule has 36 heavy (non-hydrogen) atoms. The summed E-state index contributed by atoms with van der Waals surface area (Å²) in [5.41, 5.74) is 3.13. The summed E-state index contributed by atoms with van der Waals surface area (Å²) < 4.78 is 12.9. The van der Waals surface area contributed by atoms with Crippen molar-refractivity contribution in [2.45, 2.75) is 26.4 Å². The van der Waals surface area contributed by atoms with Gasteiger partial charge in [-0.3, -0.25) is 0 Å². The Bertz CT molecular complexity index is 1570. The van der Waals surface area contributed by atoms with E-state index >= 15 is 0 Å². The lowest BCUT2D eigenvalue weighted by Crippen LogP contribution is -2.01. The van der Waals surface area contributed by atoms with Gasteiger partial charge in [-0.25, -0.2) is 4.79 Å². The fourth-order valence-corrected chi connectivity index (χ4v) is 5.67. The summed E-state index contributed by atoms with van der Waals surface area (Å²) in [6.45, 7) is 4.29. The molecular formula is C28H21Cl2NO4S. The van der Waals surface area contributed by atoms with Crippen LogP contribution in [0.3, 0.4) is 0 Å². The predicted octanol–water partition coefficient (Wildman–Crippen LogP) is 8.93. The Morgan fingerprint density at radius 2 is 1.81 bits per heavy atom. The van der Waals surface area contributed by atoms with Crippen molar-refractivity contribution in [3.8, 4) is 27.4 Å². The molecular weight excluding hydrogens is 517 g/mol. The number of hydrogen-bond donors (Lipinski definition) is 1. The van der Waals surface area contributed by atoms with Crippen LogP contribution in [-0.2, 0) is 6.61 Å². The number of nitrogens with zero attached hydrogens (tertiary/aromatic N) is 1. The number of carboxylic acids is 1. The quantitative estimate of drug-likeness (QED) is 0.224. The highest BCUT2D eigenvalue weighted by molar-refractivity contribution is 7.22. The minimum Gasteiger partial charge on any atom is -0.489 e. The van der Waals surface area contributed by atoms with Gasteiger partial charge < -0.3 is 14.4 Å². The second-order valence-electron chi connectivity index (χ2n) is 8.61. The SMILES string of the molecule is CC(C)c1onc(-c2c(Cl)cccc2Cl)c1COc1ccc2sc(-c3cccc(C(=O)O)c3)cc2c1. The van der Waals surface area contributed by atoms with Gasteiger partial charge in [0.25, 0.3) is 0 Å². The van der Waals surface area contributed by atoms with E-state index in [9.17, 15) is 9.90 Å². The minimum absolute atomic E-state index is 0.0922. The minimum atomic E-state index is -0.944. The zero-order valence-electron chi connectivity index (χ0n) is 19.4. The lowest BCUT2D eigenvalue weighted by atomic mass is 10.0. The molecule has 0 aliphatic heterocycles. The van der Waals surface area contributed by atoms with Crippen LogP contribution in [0, 0.1) is 0 Å². The molecule has 1 N–H and O–H groups in total. The van der Waals surface area contributed by atoms with E-state index in [2.05, 4.69) is 5.16 Å². The Morgan fingerprint density at radius 1 is 1.06 bits per heavy atom. The summed E-state index contributed by atoms with van der Waals surface area (Å²) in [6.07, 6.45) is 0. The fraction of sp³-hybridized carbons (Fsp3) is 0.143. The Labute approximate surface area is 221 Å². The van der Waals surface area contributed by atoms with E-state index in [4.69, 9.17) is 32.5 Å². The van der Waals surface area contributed by atoms with Crippen LogP contribution in [0.1, 0.15) is 41.4 Å². The molecule has 0 aliphatic rings. The second-order valence-corrected chi connectivity index (χ2v) is 10.5. The number of fused-ring (bicyclic) bond motifs is 1. The highest BCUT2D eigenvalue weighted by atomic mass is 35.5. The van der Waals surface area contributed by atoms with Crippen molar-refractivity contribution >= 4 is 50.6 Å². The third kappa shape index (κ3) is 4.72. The average molecular weight is 538 g/mol. The molecule has 3 aromatic carbocycles. The van der Waals surface area contributed by atoms with Crippen LogP contribution in [0.15, 0.2) is 71.3 Å². The van der Waals surface area contributed by atoms with E-state index in [1.54, 1.807) is 47.7 Å². The molecule has 182 valence electrons. The van der Waals surface area contributed by atoms with Gasteiger partial charge in [-0.15, -0.1) is 11.3 Å². The van der Waals surface area contributed by atoms with Gasteiger partial charge in [-0.1, -0.05) is 60.4 Å². The highest BCUT2D eigenvalue weighted by Crippen LogP contribution is 2.39. The van der Waals surface area contributed by atoms with Crippen molar-refractivity contribution in [1.29, 1.82) is 0 Å².